The predicted octanol–water partition coefficient (Wildman–Crippen LogP) is 1.62. The zero-order valence-corrected chi connectivity index (χ0v) is 13.8. The molecule has 0 aromatic carbocycles. The highest BCUT2D eigenvalue weighted by atomic mass is 19.4. The van der Waals surface area contributed by atoms with Crippen molar-refractivity contribution in [3.63, 3.8) is 0 Å². The van der Waals surface area contributed by atoms with Gasteiger partial charge < -0.3 is 15.4 Å². The fourth-order valence-electron chi connectivity index (χ4n) is 1.95. The molecule has 1 heterocycles. The van der Waals surface area contributed by atoms with E-state index >= 15 is 0 Å². The molecule has 0 saturated heterocycles. The van der Waals surface area contributed by atoms with Crippen LogP contribution < -0.4 is 10.6 Å². The minimum absolute atomic E-state index is 0.209. The molecule has 9 heteroatoms. The molecule has 0 bridgehead atoms. The maximum absolute atomic E-state index is 13.3. The van der Waals surface area contributed by atoms with Crippen molar-refractivity contribution in [2.75, 3.05) is 33.4 Å². The lowest BCUT2D eigenvalue weighted by molar-refractivity contribution is -0.146. The van der Waals surface area contributed by atoms with E-state index in [-0.39, 0.29) is 6.54 Å². The van der Waals surface area contributed by atoms with Gasteiger partial charge in [-0.2, -0.15) is 18.3 Å². The fraction of sp³-hybridized carbons (Fsp3) is 0.714. The van der Waals surface area contributed by atoms with E-state index in [1.54, 1.807) is 27.9 Å². The number of nitrogens with zero attached hydrogens (tertiary/aromatic N) is 2. The molecule has 0 aliphatic rings. The van der Waals surface area contributed by atoms with Crippen LogP contribution in [0.25, 0.3) is 0 Å². The minimum atomic E-state index is -4.66. The van der Waals surface area contributed by atoms with Crippen molar-refractivity contribution >= 4 is 5.91 Å². The van der Waals surface area contributed by atoms with Gasteiger partial charge in [0, 0.05) is 26.7 Å². The van der Waals surface area contributed by atoms with Crippen molar-refractivity contribution in [1.82, 2.24) is 20.4 Å². The molecule has 23 heavy (non-hydrogen) atoms. The number of rotatable bonds is 7. The number of hydrogen-bond donors (Lipinski definition) is 2. The summed E-state index contributed by atoms with van der Waals surface area (Å²) in [5.41, 5.74) is -2.38. The molecule has 1 aromatic rings. The van der Waals surface area contributed by atoms with Crippen molar-refractivity contribution in [3.05, 3.63) is 17.5 Å². The van der Waals surface area contributed by atoms with E-state index in [0.29, 0.717) is 19.7 Å². The van der Waals surface area contributed by atoms with Crippen LogP contribution in [0.5, 0.6) is 0 Å². The molecule has 1 aromatic heterocycles. The standard InChI is InChI=1S/C14H23F3N4O2/c1-13(2,3)21-11(14(15,16)17)10(9-20-21)12(22)19-6-5-18-7-8-23-4/h9,18H,5-8H2,1-4H3,(H,19,22). The first-order valence-corrected chi connectivity index (χ1v) is 7.22. The molecule has 6 nitrogen and oxygen atoms in total. The Morgan fingerprint density at radius 1 is 1.26 bits per heavy atom. The average Bonchev–Trinajstić information content (AvgIpc) is 2.87. The highest BCUT2D eigenvalue weighted by Gasteiger charge is 2.42. The summed E-state index contributed by atoms with van der Waals surface area (Å²) in [7, 11) is 1.56. The number of halogens is 3. The van der Waals surface area contributed by atoms with Crippen LogP contribution in [0.1, 0.15) is 36.8 Å². The van der Waals surface area contributed by atoms with Gasteiger partial charge in [-0.15, -0.1) is 0 Å². The van der Waals surface area contributed by atoms with Crippen LogP contribution in [-0.4, -0.2) is 49.0 Å². The largest absolute Gasteiger partial charge is 0.433 e. The molecule has 0 saturated carbocycles. The number of alkyl halides is 3. The number of ether oxygens (including phenoxy) is 1. The summed E-state index contributed by atoms with van der Waals surface area (Å²) in [5.74, 6) is -0.790. The van der Waals surface area contributed by atoms with Gasteiger partial charge in [0.25, 0.3) is 5.91 Å². The van der Waals surface area contributed by atoms with Gasteiger partial charge in [-0.3, -0.25) is 9.48 Å². The summed E-state index contributed by atoms with van der Waals surface area (Å²) in [6.07, 6.45) is -3.70. The molecular weight excluding hydrogens is 313 g/mol. The van der Waals surface area contributed by atoms with Crippen molar-refractivity contribution in [1.29, 1.82) is 0 Å². The van der Waals surface area contributed by atoms with Gasteiger partial charge >= 0.3 is 6.18 Å². The maximum atomic E-state index is 13.3. The quantitative estimate of drug-likeness (QED) is 0.743. The lowest BCUT2D eigenvalue weighted by atomic mass is 10.1. The Hall–Kier alpha value is -1.61. The molecule has 0 aliphatic carbocycles. The molecular formula is C14H23F3N4O2. The molecule has 0 spiro atoms. The van der Waals surface area contributed by atoms with E-state index in [9.17, 15) is 18.0 Å². The minimum Gasteiger partial charge on any atom is -0.383 e. The van der Waals surface area contributed by atoms with Crippen LogP contribution in [0.3, 0.4) is 0 Å². The number of amides is 1. The summed E-state index contributed by atoms with van der Waals surface area (Å²) >= 11 is 0. The zero-order chi connectivity index (χ0) is 17.7. The van der Waals surface area contributed by atoms with Crippen LogP contribution in [0.15, 0.2) is 6.20 Å². The van der Waals surface area contributed by atoms with Crippen molar-refractivity contribution in [3.8, 4) is 0 Å². The van der Waals surface area contributed by atoms with Gasteiger partial charge in [-0.05, 0) is 20.8 Å². The van der Waals surface area contributed by atoms with Crippen molar-refractivity contribution in [2.45, 2.75) is 32.5 Å². The molecule has 0 fully saturated rings. The number of aromatic nitrogens is 2. The van der Waals surface area contributed by atoms with E-state index in [1.165, 1.54) is 0 Å². The molecule has 2 N–H and O–H groups in total. The van der Waals surface area contributed by atoms with Crippen LogP contribution in [0, 0.1) is 0 Å². The Balaban J connectivity index is 2.80. The van der Waals surface area contributed by atoms with E-state index in [2.05, 4.69) is 15.7 Å². The second kappa shape index (κ2) is 7.78. The molecule has 1 rings (SSSR count). The molecule has 0 unspecified atom stereocenters. The molecule has 132 valence electrons. The first kappa shape index (κ1) is 19.4. The predicted molar refractivity (Wildman–Crippen MR) is 79.3 cm³/mol. The molecule has 0 radical (unpaired) electrons. The average molecular weight is 336 g/mol. The smallest absolute Gasteiger partial charge is 0.383 e. The summed E-state index contributed by atoms with van der Waals surface area (Å²) < 4.78 is 45.6. The van der Waals surface area contributed by atoms with Gasteiger partial charge in [-0.1, -0.05) is 0 Å². The summed E-state index contributed by atoms with van der Waals surface area (Å²) in [6.45, 7) is 6.54. The number of carbonyl (C=O) groups is 1. The first-order valence-electron chi connectivity index (χ1n) is 7.22. The molecule has 0 atom stereocenters. The summed E-state index contributed by atoms with van der Waals surface area (Å²) in [4.78, 5) is 12.0. The highest BCUT2D eigenvalue weighted by Crippen LogP contribution is 2.34. The molecule has 0 aliphatic heterocycles. The van der Waals surface area contributed by atoms with E-state index in [4.69, 9.17) is 4.74 Å². The van der Waals surface area contributed by atoms with Gasteiger partial charge in [0.2, 0.25) is 0 Å². The van der Waals surface area contributed by atoms with Crippen molar-refractivity contribution < 1.29 is 22.7 Å². The van der Waals surface area contributed by atoms with Crippen LogP contribution in [-0.2, 0) is 16.5 Å². The van der Waals surface area contributed by atoms with Crippen LogP contribution >= 0.6 is 0 Å². The topological polar surface area (TPSA) is 68.2 Å². The Morgan fingerprint density at radius 2 is 1.91 bits per heavy atom. The van der Waals surface area contributed by atoms with E-state index in [0.717, 1.165) is 10.9 Å². The van der Waals surface area contributed by atoms with Gasteiger partial charge in [0.15, 0.2) is 5.69 Å². The monoisotopic (exact) mass is 336 g/mol. The highest BCUT2D eigenvalue weighted by molar-refractivity contribution is 5.95. The third-order valence-electron chi connectivity index (χ3n) is 2.99. The number of methoxy groups -OCH3 is 1. The zero-order valence-electron chi connectivity index (χ0n) is 13.8. The Morgan fingerprint density at radius 3 is 2.43 bits per heavy atom. The Kier molecular flexibility index (Phi) is 6.57. The number of nitrogens with one attached hydrogen (secondary N) is 2. The first-order chi connectivity index (χ1) is 10.6. The van der Waals surface area contributed by atoms with Gasteiger partial charge in [-0.25, -0.2) is 0 Å². The van der Waals surface area contributed by atoms with Crippen LogP contribution in [0.2, 0.25) is 0 Å². The maximum Gasteiger partial charge on any atom is 0.433 e. The Bertz CT molecular complexity index is 521. The van der Waals surface area contributed by atoms with Crippen LogP contribution in [0.4, 0.5) is 13.2 Å². The van der Waals surface area contributed by atoms with E-state index < -0.39 is 28.9 Å². The second-order valence-electron chi connectivity index (χ2n) is 5.99. The second-order valence-corrected chi connectivity index (χ2v) is 5.99. The van der Waals surface area contributed by atoms with Gasteiger partial charge in [0.05, 0.1) is 23.9 Å². The lowest BCUT2D eigenvalue weighted by Gasteiger charge is -2.23. The third-order valence-corrected chi connectivity index (χ3v) is 2.99. The normalized spacial score (nSPS) is 12.5. The van der Waals surface area contributed by atoms with Gasteiger partial charge in [0.1, 0.15) is 0 Å². The lowest BCUT2D eigenvalue weighted by Crippen LogP contribution is -2.35. The summed E-state index contributed by atoms with van der Waals surface area (Å²) in [5, 5.41) is 9.19. The SMILES string of the molecule is COCCNCCNC(=O)c1cnn(C(C)(C)C)c1C(F)(F)F. The summed E-state index contributed by atoms with van der Waals surface area (Å²) in [6, 6.07) is 0. The van der Waals surface area contributed by atoms with Crippen molar-refractivity contribution in [2.24, 2.45) is 0 Å². The Labute approximate surface area is 133 Å². The third kappa shape index (κ3) is 5.51. The number of hydrogen-bond acceptors (Lipinski definition) is 4. The molecule has 1 amide bonds. The van der Waals surface area contributed by atoms with E-state index in [1.807, 2.05) is 0 Å². The number of carbonyl (C=O) groups excluding carboxylic acids is 1. The fourth-order valence-corrected chi connectivity index (χ4v) is 1.95.